The summed E-state index contributed by atoms with van der Waals surface area (Å²) in [4.78, 5) is 14.6. The van der Waals surface area contributed by atoms with Gasteiger partial charge in [0.05, 0.1) is 5.69 Å². The van der Waals surface area contributed by atoms with E-state index in [0.717, 1.165) is 0 Å². The molecule has 0 fully saturated rings. The summed E-state index contributed by atoms with van der Waals surface area (Å²) in [5.74, 6) is -0.187. The van der Waals surface area contributed by atoms with Crippen molar-refractivity contribution in [3.63, 3.8) is 0 Å². The minimum absolute atomic E-state index is 0.111. The molecule has 0 radical (unpaired) electrons. The van der Waals surface area contributed by atoms with E-state index in [0.29, 0.717) is 5.69 Å². The van der Waals surface area contributed by atoms with Gasteiger partial charge in [-0.3, -0.25) is 4.79 Å². The van der Waals surface area contributed by atoms with Crippen LogP contribution in [0.2, 0.25) is 0 Å². The Morgan fingerprint density at radius 2 is 2.50 bits per heavy atom. The minimum Gasteiger partial charge on any atom is -0.441 e. The lowest BCUT2D eigenvalue weighted by atomic mass is 10.5. The van der Waals surface area contributed by atoms with Crippen LogP contribution in [0.4, 0.5) is 0 Å². The number of rotatable bonds is 1. The van der Waals surface area contributed by atoms with Gasteiger partial charge in [0.15, 0.2) is 0 Å². The van der Waals surface area contributed by atoms with Gasteiger partial charge in [0.1, 0.15) is 6.26 Å². The van der Waals surface area contributed by atoms with Crippen molar-refractivity contribution in [1.29, 1.82) is 0 Å². The highest BCUT2D eigenvalue weighted by Gasteiger charge is 2.07. The highest BCUT2D eigenvalue weighted by atomic mass is 16.4. The van der Waals surface area contributed by atoms with E-state index in [1.807, 2.05) is 0 Å². The summed E-state index contributed by atoms with van der Waals surface area (Å²) in [5.41, 5.74) is 0.707. The second-order valence-corrected chi connectivity index (χ2v) is 1.87. The van der Waals surface area contributed by atoms with E-state index in [2.05, 4.69) is 10.3 Å². The second-order valence-electron chi connectivity index (χ2n) is 1.87. The van der Waals surface area contributed by atoms with Gasteiger partial charge in [0.25, 0.3) is 5.89 Å². The molecule has 0 saturated heterocycles. The fraction of sp³-hybridized carbons (Fsp3) is 0.333. The van der Waals surface area contributed by atoms with E-state index in [1.165, 1.54) is 13.3 Å². The van der Waals surface area contributed by atoms with Crippen molar-refractivity contribution < 1.29 is 9.21 Å². The lowest BCUT2D eigenvalue weighted by Crippen LogP contribution is -2.17. The molecule has 0 spiro atoms. The highest BCUT2D eigenvalue weighted by Crippen LogP contribution is 1.98. The number of amides is 1. The summed E-state index contributed by atoms with van der Waals surface area (Å²) in [6, 6.07) is 0. The maximum Gasteiger partial charge on any atom is 0.306 e. The van der Waals surface area contributed by atoms with Crippen molar-refractivity contribution in [1.82, 2.24) is 10.3 Å². The Kier molecular flexibility index (Phi) is 1.71. The molecule has 0 aliphatic heterocycles. The first-order valence-electron chi connectivity index (χ1n) is 2.88. The molecule has 54 valence electrons. The summed E-state index contributed by atoms with van der Waals surface area (Å²) < 4.78 is 4.79. The summed E-state index contributed by atoms with van der Waals surface area (Å²) in [6.45, 7) is 1.76. The molecule has 0 aliphatic rings. The van der Waals surface area contributed by atoms with Crippen LogP contribution in [0.5, 0.6) is 0 Å². The summed E-state index contributed by atoms with van der Waals surface area (Å²) >= 11 is 0. The van der Waals surface area contributed by atoms with Gasteiger partial charge in [-0.25, -0.2) is 4.98 Å². The monoisotopic (exact) mass is 140 g/mol. The van der Waals surface area contributed by atoms with Gasteiger partial charge < -0.3 is 9.73 Å². The van der Waals surface area contributed by atoms with E-state index in [1.54, 1.807) is 6.92 Å². The van der Waals surface area contributed by atoms with Crippen molar-refractivity contribution in [3.8, 4) is 0 Å². The smallest absolute Gasteiger partial charge is 0.306 e. The topological polar surface area (TPSA) is 55.1 Å². The molecule has 0 aliphatic carbocycles. The number of aromatic nitrogens is 1. The average molecular weight is 140 g/mol. The van der Waals surface area contributed by atoms with Gasteiger partial charge in [0.2, 0.25) is 0 Å². The van der Waals surface area contributed by atoms with Gasteiger partial charge in [0, 0.05) is 7.05 Å². The van der Waals surface area contributed by atoms with Gasteiger partial charge in [-0.1, -0.05) is 0 Å². The third-order valence-electron chi connectivity index (χ3n) is 1.04. The molecular formula is C6H8N2O2. The predicted octanol–water partition coefficient (Wildman–Crippen LogP) is 0.343. The predicted molar refractivity (Wildman–Crippen MR) is 34.6 cm³/mol. The van der Waals surface area contributed by atoms with E-state index in [-0.39, 0.29) is 11.8 Å². The lowest BCUT2D eigenvalue weighted by Gasteiger charge is -1.88. The fourth-order valence-electron chi connectivity index (χ4n) is 0.565. The molecule has 0 unspecified atom stereocenters. The molecule has 1 amide bonds. The Morgan fingerprint density at radius 1 is 1.80 bits per heavy atom. The van der Waals surface area contributed by atoms with E-state index in [9.17, 15) is 4.79 Å². The zero-order valence-corrected chi connectivity index (χ0v) is 5.84. The standard InChI is InChI=1S/C6H8N2O2/c1-4-3-10-6(8-4)5(9)7-2/h3H,1-2H3,(H,7,9). The van der Waals surface area contributed by atoms with Gasteiger partial charge in [-0.05, 0) is 6.92 Å². The van der Waals surface area contributed by atoms with Gasteiger partial charge >= 0.3 is 5.91 Å². The largest absolute Gasteiger partial charge is 0.441 e. The summed E-state index contributed by atoms with van der Waals surface area (Å²) in [5, 5.41) is 2.40. The number of carbonyl (C=O) groups is 1. The maximum absolute atomic E-state index is 10.8. The first-order chi connectivity index (χ1) is 4.74. The van der Waals surface area contributed by atoms with Crippen LogP contribution in [0.1, 0.15) is 16.4 Å². The molecule has 0 saturated carbocycles. The van der Waals surface area contributed by atoms with Crippen molar-refractivity contribution in [2.75, 3.05) is 7.05 Å². The Hall–Kier alpha value is -1.32. The number of carbonyl (C=O) groups excluding carboxylic acids is 1. The number of oxazole rings is 1. The molecule has 0 atom stereocenters. The maximum atomic E-state index is 10.8. The number of aryl methyl sites for hydroxylation is 1. The summed E-state index contributed by atoms with van der Waals surface area (Å²) in [6.07, 6.45) is 1.44. The zero-order valence-electron chi connectivity index (χ0n) is 5.84. The van der Waals surface area contributed by atoms with Crippen LogP contribution in [-0.4, -0.2) is 17.9 Å². The molecule has 0 aromatic carbocycles. The third-order valence-corrected chi connectivity index (χ3v) is 1.04. The van der Waals surface area contributed by atoms with Crippen LogP contribution in [0.25, 0.3) is 0 Å². The van der Waals surface area contributed by atoms with E-state index in [4.69, 9.17) is 4.42 Å². The van der Waals surface area contributed by atoms with Gasteiger partial charge in [-0.15, -0.1) is 0 Å². The Bertz CT molecular complexity index is 242. The van der Waals surface area contributed by atoms with Crippen LogP contribution in [0.3, 0.4) is 0 Å². The molecule has 1 aromatic rings. The van der Waals surface area contributed by atoms with Crippen molar-refractivity contribution in [2.24, 2.45) is 0 Å². The Morgan fingerprint density at radius 3 is 2.90 bits per heavy atom. The Balaban J connectivity index is 2.85. The molecule has 4 heteroatoms. The van der Waals surface area contributed by atoms with Crippen molar-refractivity contribution >= 4 is 5.91 Å². The third kappa shape index (κ3) is 1.15. The molecule has 0 bridgehead atoms. The first kappa shape index (κ1) is 6.80. The van der Waals surface area contributed by atoms with Crippen LogP contribution < -0.4 is 5.32 Å². The molecular weight excluding hydrogens is 132 g/mol. The van der Waals surface area contributed by atoms with E-state index >= 15 is 0 Å². The SMILES string of the molecule is CNC(=O)c1nc(C)co1. The fourth-order valence-corrected chi connectivity index (χ4v) is 0.565. The van der Waals surface area contributed by atoms with Crippen LogP contribution >= 0.6 is 0 Å². The number of nitrogens with zero attached hydrogens (tertiary/aromatic N) is 1. The molecule has 1 rings (SSSR count). The average Bonchev–Trinajstić information content (AvgIpc) is 2.34. The Labute approximate surface area is 58.3 Å². The van der Waals surface area contributed by atoms with E-state index < -0.39 is 0 Å². The normalized spacial score (nSPS) is 9.40. The van der Waals surface area contributed by atoms with Gasteiger partial charge in [-0.2, -0.15) is 0 Å². The molecule has 1 aromatic heterocycles. The minimum atomic E-state index is -0.298. The quantitative estimate of drug-likeness (QED) is 0.612. The van der Waals surface area contributed by atoms with Crippen LogP contribution in [0.15, 0.2) is 10.7 Å². The molecule has 1 heterocycles. The van der Waals surface area contributed by atoms with Crippen molar-refractivity contribution in [2.45, 2.75) is 6.92 Å². The molecule has 4 nitrogen and oxygen atoms in total. The molecule has 1 N–H and O–H groups in total. The lowest BCUT2D eigenvalue weighted by molar-refractivity contribution is 0.0928. The number of hydrogen-bond donors (Lipinski definition) is 1. The number of hydrogen-bond acceptors (Lipinski definition) is 3. The van der Waals surface area contributed by atoms with Crippen LogP contribution in [-0.2, 0) is 0 Å². The zero-order chi connectivity index (χ0) is 7.56. The summed E-state index contributed by atoms with van der Waals surface area (Å²) in [7, 11) is 1.53. The van der Waals surface area contributed by atoms with Crippen LogP contribution in [0, 0.1) is 6.92 Å². The van der Waals surface area contributed by atoms with Crippen molar-refractivity contribution in [3.05, 3.63) is 17.8 Å². The first-order valence-corrected chi connectivity index (χ1v) is 2.88. The molecule has 10 heavy (non-hydrogen) atoms. The second kappa shape index (κ2) is 2.51. The number of nitrogens with one attached hydrogen (secondary N) is 1. The highest BCUT2D eigenvalue weighted by molar-refractivity contribution is 5.89.